The van der Waals surface area contributed by atoms with Crippen LogP contribution in [0.3, 0.4) is 0 Å². The fourth-order valence-electron chi connectivity index (χ4n) is 2.15. The van der Waals surface area contributed by atoms with Gasteiger partial charge in [0, 0.05) is 12.8 Å². The molecule has 1 aliphatic rings. The van der Waals surface area contributed by atoms with Gasteiger partial charge in [-0.2, -0.15) is 0 Å². The first kappa shape index (κ1) is 11.9. The molecule has 1 heterocycles. The van der Waals surface area contributed by atoms with Crippen molar-refractivity contribution in [2.45, 2.75) is 19.8 Å². The van der Waals surface area contributed by atoms with Crippen molar-refractivity contribution >= 4 is 15.9 Å². The summed E-state index contributed by atoms with van der Waals surface area (Å²) in [6.07, 6.45) is 2.76. The summed E-state index contributed by atoms with van der Waals surface area (Å²) >= 11 is 3.53. The molecule has 1 saturated heterocycles. The van der Waals surface area contributed by atoms with Gasteiger partial charge < -0.3 is 9.64 Å². The minimum Gasteiger partial charge on any atom is -0.487 e. The van der Waals surface area contributed by atoms with Crippen molar-refractivity contribution in [1.29, 1.82) is 0 Å². The Morgan fingerprint density at radius 3 is 2.75 bits per heavy atom. The first-order chi connectivity index (χ1) is 7.75. The van der Waals surface area contributed by atoms with E-state index in [1.54, 1.807) is 4.90 Å². The third kappa shape index (κ3) is 3.22. The Kier molecular flexibility index (Phi) is 4.24. The zero-order chi connectivity index (χ0) is 11.4. The summed E-state index contributed by atoms with van der Waals surface area (Å²) in [4.78, 5) is 1.68. The van der Waals surface area contributed by atoms with Crippen LogP contribution in [-0.4, -0.2) is 26.2 Å². The number of benzene rings is 1. The number of quaternary nitrogens is 1. The van der Waals surface area contributed by atoms with Gasteiger partial charge in [-0.3, -0.25) is 0 Å². The van der Waals surface area contributed by atoms with E-state index in [0.29, 0.717) is 0 Å². The van der Waals surface area contributed by atoms with E-state index in [9.17, 15) is 0 Å². The molecule has 1 fully saturated rings. The highest BCUT2D eigenvalue weighted by atomic mass is 79.9. The van der Waals surface area contributed by atoms with E-state index in [2.05, 4.69) is 35.0 Å². The van der Waals surface area contributed by atoms with Crippen LogP contribution >= 0.6 is 15.9 Å². The Morgan fingerprint density at radius 2 is 2.06 bits per heavy atom. The number of halogens is 1. The molecule has 0 radical (unpaired) electrons. The van der Waals surface area contributed by atoms with Crippen LogP contribution in [0.15, 0.2) is 22.7 Å². The third-order valence-electron chi connectivity index (χ3n) is 3.11. The number of likely N-dealkylation sites (tertiary alicyclic amines) is 1. The second-order valence-electron chi connectivity index (χ2n) is 4.49. The summed E-state index contributed by atoms with van der Waals surface area (Å²) < 4.78 is 6.85. The summed E-state index contributed by atoms with van der Waals surface area (Å²) in [5.74, 6) is 0.962. The maximum Gasteiger partial charge on any atom is 0.137 e. The van der Waals surface area contributed by atoms with Gasteiger partial charge in [-0.05, 0) is 40.5 Å². The molecular weight excluding hydrogens is 266 g/mol. The lowest BCUT2D eigenvalue weighted by atomic mass is 10.2. The Balaban J connectivity index is 1.80. The molecule has 0 saturated carbocycles. The predicted molar refractivity (Wildman–Crippen MR) is 69.2 cm³/mol. The van der Waals surface area contributed by atoms with Gasteiger partial charge in [0.05, 0.1) is 17.6 Å². The van der Waals surface area contributed by atoms with Crippen LogP contribution in [0.5, 0.6) is 5.75 Å². The summed E-state index contributed by atoms with van der Waals surface area (Å²) in [7, 11) is 0. The van der Waals surface area contributed by atoms with Crippen molar-refractivity contribution < 1.29 is 9.64 Å². The lowest BCUT2D eigenvalue weighted by Crippen LogP contribution is -3.10. The van der Waals surface area contributed by atoms with Crippen LogP contribution in [0, 0.1) is 6.92 Å². The van der Waals surface area contributed by atoms with Gasteiger partial charge in [0.1, 0.15) is 18.9 Å². The van der Waals surface area contributed by atoms with Gasteiger partial charge in [0.2, 0.25) is 0 Å². The molecule has 1 N–H and O–H groups in total. The van der Waals surface area contributed by atoms with Crippen LogP contribution < -0.4 is 9.64 Å². The Bertz CT molecular complexity index is 348. The second-order valence-corrected chi connectivity index (χ2v) is 5.34. The van der Waals surface area contributed by atoms with Gasteiger partial charge in [0.25, 0.3) is 0 Å². The fourth-order valence-corrected chi connectivity index (χ4v) is 2.76. The molecule has 0 unspecified atom stereocenters. The van der Waals surface area contributed by atoms with Crippen LogP contribution in [0.25, 0.3) is 0 Å². The van der Waals surface area contributed by atoms with E-state index in [-0.39, 0.29) is 0 Å². The monoisotopic (exact) mass is 284 g/mol. The Morgan fingerprint density at radius 1 is 1.31 bits per heavy atom. The lowest BCUT2D eigenvalue weighted by Gasteiger charge is -2.13. The highest BCUT2D eigenvalue weighted by Gasteiger charge is 2.14. The molecule has 0 bridgehead atoms. The van der Waals surface area contributed by atoms with Crippen molar-refractivity contribution in [3.8, 4) is 5.75 Å². The van der Waals surface area contributed by atoms with E-state index < -0.39 is 0 Å². The summed E-state index contributed by atoms with van der Waals surface area (Å²) in [5, 5.41) is 0. The van der Waals surface area contributed by atoms with Crippen LogP contribution in [0.4, 0.5) is 0 Å². The third-order valence-corrected chi connectivity index (χ3v) is 3.73. The number of aryl methyl sites for hydroxylation is 1. The molecule has 1 aromatic carbocycles. The summed E-state index contributed by atoms with van der Waals surface area (Å²) in [6.45, 7) is 6.66. The van der Waals surface area contributed by atoms with Crippen molar-refractivity contribution in [2.24, 2.45) is 0 Å². The molecule has 0 aromatic heterocycles. The number of hydrogen-bond acceptors (Lipinski definition) is 1. The van der Waals surface area contributed by atoms with Crippen LogP contribution in [0.2, 0.25) is 0 Å². The number of hydrogen-bond donors (Lipinski definition) is 1. The van der Waals surface area contributed by atoms with Gasteiger partial charge in [-0.25, -0.2) is 0 Å². The molecular formula is C13H19BrNO+. The van der Waals surface area contributed by atoms with Crippen molar-refractivity contribution in [3.63, 3.8) is 0 Å². The molecule has 1 aromatic rings. The Hall–Kier alpha value is -0.540. The van der Waals surface area contributed by atoms with E-state index in [4.69, 9.17) is 4.74 Å². The maximum atomic E-state index is 5.79. The average Bonchev–Trinajstić information content (AvgIpc) is 2.74. The highest BCUT2D eigenvalue weighted by Crippen LogP contribution is 2.25. The smallest absolute Gasteiger partial charge is 0.137 e. The van der Waals surface area contributed by atoms with Gasteiger partial charge >= 0.3 is 0 Å². The van der Waals surface area contributed by atoms with E-state index in [1.807, 2.05) is 6.07 Å². The maximum absolute atomic E-state index is 5.79. The molecule has 88 valence electrons. The molecule has 0 spiro atoms. The molecule has 16 heavy (non-hydrogen) atoms. The Labute approximate surface area is 106 Å². The van der Waals surface area contributed by atoms with E-state index in [0.717, 1.165) is 23.4 Å². The molecule has 2 rings (SSSR count). The quantitative estimate of drug-likeness (QED) is 0.891. The SMILES string of the molecule is Cc1ccc(OCC[NH+]2CCCC2)c(Br)c1. The van der Waals surface area contributed by atoms with Crippen molar-refractivity contribution in [3.05, 3.63) is 28.2 Å². The molecule has 2 nitrogen and oxygen atoms in total. The summed E-state index contributed by atoms with van der Waals surface area (Å²) in [6, 6.07) is 6.22. The van der Waals surface area contributed by atoms with Crippen molar-refractivity contribution in [2.75, 3.05) is 26.2 Å². The number of nitrogens with one attached hydrogen (secondary N) is 1. The first-order valence-corrected chi connectivity index (χ1v) is 6.77. The number of rotatable bonds is 4. The minimum absolute atomic E-state index is 0.816. The van der Waals surface area contributed by atoms with Crippen LogP contribution in [-0.2, 0) is 0 Å². The topological polar surface area (TPSA) is 13.7 Å². The highest BCUT2D eigenvalue weighted by molar-refractivity contribution is 9.10. The molecule has 0 atom stereocenters. The fraction of sp³-hybridized carbons (Fsp3) is 0.538. The largest absolute Gasteiger partial charge is 0.487 e. The second kappa shape index (κ2) is 5.69. The molecule has 0 aliphatic carbocycles. The normalized spacial score (nSPS) is 16.6. The predicted octanol–water partition coefficient (Wildman–Crippen LogP) is 1.82. The van der Waals surface area contributed by atoms with Gasteiger partial charge in [0.15, 0.2) is 0 Å². The van der Waals surface area contributed by atoms with E-state index >= 15 is 0 Å². The molecule has 1 aliphatic heterocycles. The zero-order valence-electron chi connectivity index (χ0n) is 9.76. The first-order valence-electron chi connectivity index (χ1n) is 5.98. The van der Waals surface area contributed by atoms with E-state index in [1.165, 1.54) is 31.5 Å². The van der Waals surface area contributed by atoms with Gasteiger partial charge in [-0.1, -0.05) is 6.07 Å². The molecule has 0 amide bonds. The lowest BCUT2D eigenvalue weighted by molar-refractivity contribution is -0.887. The average molecular weight is 285 g/mol. The standard InChI is InChI=1S/C13H18BrNO/c1-11-4-5-13(12(14)10-11)16-9-8-15-6-2-3-7-15/h4-5,10H,2-3,6-9H2,1H3/p+1. The minimum atomic E-state index is 0.816. The van der Waals surface area contributed by atoms with Crippen molar-refractivity contribution in [1.82, 2.24) is 0 Å². The zero-order valence-corrected chi connectivity index (χ0v) is 11.3. The molecule has 3 heteroatoms. The van der Waals surface area contributed by atoms with Gasteiger partial charge in [-0.15, -0.1) is 0 Å². The van der Waals surface area contributed by atoms with Crippen LogP contribution in [0.1, 0.15) is 18.4 Å². The summed E-state index contributed by atoms with van der Waals surface area (Å²) in [5.41, 5.74) is 1.25. The number of ether oxygens (including phenoxy) is 1.